The normalized spacial score (nSPS) is 19.8. The van der Waals surface area contributed by atoms with E-state index in [2.05, 4.69) is 28.6 Å². The SMILES string of the molecule is NC(=O)c1cnn2c1C[C@H](CNCc1ccccc1OC1CCCC1)CC2. The maximum atomic E-state index is 11.6. The van der Waals surface area contributed by atoms with Crippen molar-refractivity contribution in [1.29, 1.82) is 0 Å². The fourth-order valence-electron chi connectivity index (χ4n) is 4.24. The number of nitrogens with zero attached hydrogens (tertiary/aromatic N) is 2. The standard InChI is InChI=1S/C21H28N4O2/c22-21(26)18-14-24-25-10-9-15(11-19(18)25)12-23-13-16-5-1-4-8-20(16)27-17-6-2-3-7-17/h1,4-5,8,14-15,17,23H,2-3,6-7,9-13H2,(H2,22,26)/t15-/m1/s1. The van der Waals surface area contributed by atoms with E-state index in [1.54, 1.807) is 6.20 Å². The molecule has 0 saturated heterocycles. The van der Waals surface area contributed by atoms with Crippen LogP contribution >= 0.6 is 0 Å². The minimum Gasteiger partial charge on any atom is -0.490 e. The van der Waals surface area contributed by atoms with E-state index in [1.807, 2.05) is 10.7 Å². The summed E-state index contributed by atoms with van der Waals surface area (Å²) in [4.78, 5) is 11.6. The molecule has 4 rings (SSSR count). The summed E-state index contributed by atoms with van der Waals surface area (Å²) in [6, 6.07) is 8.32. The fraction of sp³-hybridized carbons (Fsp3) is 0.524. The number of carbonyl (C=O) groups is 1. The maximum absolute atomic E-state index is 11.6. The highest BCUT2D eigenvalue weighted by molar-refractivity contribution is 5.93. The lowest BCUT2D eigenvalue weighted by atomic mass is 9.94. The molecule has 6 heteroatoms. The van der Waals surface area contributed by atoms with Gasteiger partial charge in [0, 0.05) is 18.7 Å². The Morgan fingerprint density at radius 1 is 1.26 bits per heavy atom. The van der Waals surface area contributed by atoms with Gasteiger partial charge in [-0.05, 0) is 57.1 Å². The van der Waals surface area contributed by atoms with E-state index < -0.39 is 0 Å². The van der Waals surface area contributed by atoms with Crippen LogP contribution in [0.25, 0.3) is 0 Å². The molecule has 3 N–H and O–H groups in total. The van der Waals surface area contributed by atoms with Crippen molar-refractivity contribution in [2.45, 2.75) is 57.7 Å². The Morgan fingerprint density at radius 3 is 2.89 bits per heavy atom. The largest absolute Gasteiger partial charge is 0.490 e. The predicted molar refractivity (Wildman–Crippen MR) is 104 cm³/mol. The van der Waals surface area contributed by atoms with E-state index in [0.29, 0.717) is 17.6 Å². The Bertz CT molecular complexity index is 795. The zero-order valence-corrected chi connectivity index (χ0v) is 15.7. The molecular formula is C21H28N4O2. The van der Waals surface area contributed by atoms with Crippen molar-refractivity contribution < 1.29 is 9.53 Å². The van der Waals surface area contributed by atoms with Crippen molar-refractivity contribution in [2.75, 3.05) is 6.54 Å². The van der Waals surface area contributed by atoms with E-state index in [-0.39, 0.29) is 5.91 Å². The van der Waals surface area contributed by atoms with Crippen LogP contribution in [-0.2, 0) is 19.5 Å². The molecule has 1 aromatic carbocycles. The number of nitrogens with one attached hydrogen (secondary N) is 1. The molecule has 2 aliphatic rings. The monoisotopic (exact) mass is 368 g/mol. The van der Waals surface area contributed by atoms with Crippen molar-refractivity contribution >= 4 is 5.91 Å². The lowest BCUT2D eigenvalue weighted by molar-refractivity contribution is 0.0998. The number of benzene rings is 1. The van der Waals surface area contributed by atoms with Gasteiger partial charge in [0.1, 0.15) is 5.75 Å². The van der Waals surface area contributed by atoms with Crippen LogP contribution in [0.1, 0.15) is 53.7 Å². The molecule has 1 fully saturated rings. The summed E-state index contributed by atoms with van der Waals surface area (Å²) >= 11 is 0. The third-order valence-electron chi connectivity index (χ3n) is 5.76. The number of aromatic nitrogens is 2. The van der Waals surface area contributed by atoms with E-state index in [4.69, 9.17) is 10.5 Å². The number of amides is 1. The molecule has 0 unspecified atom stereocenters. The summed E-state index contributed by atoms with van der Waals surface area (Å²) in [5.41, 5.74) is 8.22. The molecule has 27 heavy (non-hydrogen) atoms. The number of primary amides is 1. The zero-order chi connectivity index (χ0) is 18.6. The quantitative estimate of drug-likeness (QED) is 0.787. The third-order valence-corrected chi connectivity index (χ3v) is 5.76. The van der Waals surface area contributed by atoms with Crippen LogP contribution in [0, 0.1) is 5.92 Å². The number of hydrogen-bond acceptors (Lipinski definition) is 4. The average molecular weight is 368 g/mol. The van der Waals surface area contributed by atoms with Gasteiger partial charge in [0.2, 0.25) is 0 Å². The molecule has 1 aliphatic carbocycles. The molecule has 1 aromatic heterocycles. The van der Waals surface area contributed by atoms with E-state index >= 15 is 0 Å². The van der Waals surface area contributed by atoms with Gasteiger partial charge in [0.25, 0.3) is 5.91 Å². The van der Waals surface area contributed by atoms with Crippen LogP contribution in [0.3, 0.4) is 0 Å². The van der Waals surface area contributed by atoms with Crippen LogP contribution in [0.4, 0.5) is 0 Å². The molecule has 1 aliphatic heterocycles. The van der Waals surface area contributed by atoms with Crippen molar-refractivity contribution in [3.05, 3.63) is 47.3 Å². The van der Waals surface area contributed by atoms with Gasteiger partial charge in [-0.2, -0.15) is 5.10 Å². The van der Waals surface area contributed by atoms with Gasteiger partial charge in [-0.3, -0.25) is 9.48 Å². The number of fused-ring (bicyclic) bond motifs is 1. The molecule has 1 amide bonds. The van der Waals surface area contributed by atoms with Gasteiger partial charge >= 0.3 is 0 Å². The number of rotatable bonds is 7. The summed E-state index contributed by atoms with van der Waals surface area (Å²) in [6.45, 7) is 2.54. The molecule has 6 nitrogen and oxygen atoms in total. The second kappa shape index (κ2) is 8.13. The third kappa shape index (κ3) is 4.16. The van der Waals surface area contributed by atoms with E-state index in [1.165, 1.54) is 31.2 Å². The number of aryl methyl sites for hydroxylation is 1. The van der Waals surface area contributed by atoms with Gasteiger partial charge in [-0.25, -0.2) is 0 Å². The van der Waals surface area contributed by atoms with Gasteiger partial charge in [0.15, 0.2) is 0 Å². The van der Waals surface area contributed by atoms with Gasteiger partial charge in [-0.1, -0.05) is 18.2 Å². The molecule has 1 atom stereocenters. The summed E-state index contributed by atoms with van der Waals surface area (Å²) in [6.07, 6.45) is 8.75. The zero-order valence-electron chi connectivity index (χ0n) is 15.7. The Labute approximate surface area is 160 Å². The van der Waals surface area contributed by atoms with Gasteiger partial charge in [-0.15, -0.1) is 0 Å². The van der Waals surface area contributed by atoms with Crippen LogP contribution in [-0.4, -0.2) is 28.3 Å². The predicted octanol–water partition coefficient (Wildman–Crippen LogP) is 2.66. The molecule has 0 bridgehead atoms. The van der Waals surface area contributed by atoms with Crippen molar-refractivity contribution in [1.82, 2.24) is 15.1 Å². The maximum Gasteiger partial charge on any atom is 0.252 e. The first kappa shape index (κ1) is 18.0. The minimum absolute atomic E-state index is 0.372. The summed E-state index contributed by atoms with van der Waals surface area (Å²) in [5.74, 6) is 1.10. The Kier molecular flexibility index (Phi) is 5.43. The fourth-order valence-corrected chi connectivity index (χ4v) is 4.24. The number of hydrogen-bond donors (Lipinski definition) is 2. The van der Waals surface area contributed by atoms with Gasteiger partial charge in [0.05, 0.1) is 23.6 Å². The van der Waals surface area contributed by atoms with Crippen LogP contribution in [0.15, 0.2) is 30.5 Å². The first-order chi connectivity index (χ1) is 13.2. The average Bonchev–Trinajstić information content (AvgIpc) is 3.32. The summed E-state index contributed by atoms with van der Waals surface area (Å²) in [5, 5.41) is 7.86. The molecule has 0 spiro atoms. The molecule has 2 heterocycles. The molecular weight excluding hydrogens is 340 g/mol. The number of para-hydroxylation sites is 1. The number of carbonyl (C=O) groups excluding carboxylic acids is 1. The highest BCUT2D eigenvalue weighted by Crippen LogP contribution is 2.27. The highest BCUT2D eigenvalue weighted by atomic mass is 16.5. The van der Waals surface area contributed by atoms with Crippen LogP contribution in [0.2, 0.25) is 0 Å². The lowest BCUT2D eigenvalue weighted by Crippen LogP contribution is -2.30. The summed E-state index contributed by atoms with van der Waals surface area (Å²) in [7, 11) is 0. The Hall–Kier alpha value is -2.34. The van der Waals surface area contributed by atoms with Crippen molar-refractivity contribution in [2.24, 2.45) is 11.7 Å². The molecule has 144 valence electrons. The highest BCUT2D eigenvalue weighted by Gasteiger charge is 2.24. The topological polar surface area (TPSA) is 82.2 Å². The molecule has 1 saturated carbocycles. The van der Waals surface area contributed by atoms with Crippen molar-refractivity contribution in [3.8, 4) is 5.75 Å². The minimum atomic E-state index is -0.386. The number of ether oxygens (including phenoxy) is 1. The second-order valence-corrected chi connectivity index (χ2v) is 7.71. The van der Waals surface area contributed by atoms with Crippen molar-refractivity contribution in [3.63, 3.8) is 0 Å². The van der Waals surface area contributed by atoms with Gasteiger partial charge < -0.3 is 15.8 Å². The number of nitrogens with two attached hydrogens (primary N) is 1. The van der Waals surface area contributed by atoms with Crippen LogP contribution in [0.5, 0.6) is 5.75 Å². The lowest BCUT2D eigenvalue weighted by Gasteiger charge is -2.24. The molecule has 2 aromatic rings. The van der Waals surface area contributed by atoms with E-state index in [0.717, 1.165) is 43.9 Å². The first-order valence-corrected chi connectivity index (χ1v) is 10.0. The Balaban J connectivity index is 1.32. The summed E-state index contributed by atoms with van der Waals surface area (Å²) < 4.78 is 8.14. The first-order valence-electron chi connectivity index (χ1n) is 10.0. The molecule has 0 radical (unpaired) electrons. The van der Waals surface area contributed by atoms with Crippen LogP contribution < -0.4 is 15.8 Å². The Morgan fingerprint density at radius 2 is 2.07 bits per heavy atom. The smallest absolute Gasteiger partial charge is 0.252 e. The second-order valence-electron chi connectivity index (χ2n) is 7.71. The van der Waals surface area contributed by atoms with E-state index in [9.17, 15) is 4.79 Å².